The Bertz CT molecular complexity index is 981. The largest absolute Gasteiger partial charge is 0.306 e. The lowest BCUT2D eigenvalue weighted by Gasteiger charge is -2.43. The molecule has 0 aromatic heterocycles. The molecule has 5 nitrogen and oxygen atoms in total. The lowest BCUT2D eigenvalue weighted by Crippen LogP contribution is -2.61. The molecule has 8 heteroatoms. The first kappa shape index (κ1) is 18.4. The second kappa shape index (κ2) is 6.89. The Labute approximate surface area is 162 Å². The average Bonchev–Trinajstić information content (AvgIpc) is 2.93. The van der Waals surface area contributed by atoms with Gasteiger partial charge in [-0.1, -0.05) is 29.8 Å². The van der Waals surface area contributed by atoms with Crippen molar-refractivity contribution in [3.8, 4) is 0 Å². The van der Waals surface area contributed by atoms with Gasteiger partial charge in [-0.3, -0.25) is 9.69 Å². The normalized spacial score (nSPS) is 24.8. The summed E-state index contributed by atoms with van der Waals surface area (Å²) in [6.07, 6.45) is 0. The summed E-state index contributed by atoms with van der Waals surface area (Å²) in [4.78, 5) is 16.2. The summed E-state index contributed by atoms with van der Waals surface area (Å²) >= 11 is 5.93. The van der Waals surface area contributed by atoms with E-state index in [1.165, 1.54) is 6.07 Å². The topological polar surface area (TPSA) is 57.7 Å². The molecule has 0 unspecified atom stereocenters. The van der Waals surface area contributed by atoms with Gasteiger partial charge in [0.1, 0.15) is 5.82 Å². The predicted molar refractivity (Wildman–Crippen MR) is 102 cm³/mol. The summed E-state index contributed by atoms with van der Waals surface area (Å²) in [5.41, 5.74) is 1.08. The van der Waals surface area contributed by atoms with Gasteiger partial charge in [0.15, 0.2) is 9.84 Å². The number of rotatable bonds is 3. The van der Waals surface area contributed by atoms with Crippen LogP contribution >= 0.6 is 11.6 Å². The Morgan fingerprint density at radius 1 is 1.04 bits per heavy atom. The van der Waals surface area contributed by atoms with Crippen molar-refractivity contribution in [2.45, 2.75) is 18.6 Å². The Morgan fingerprint density at radius 2 is 1.70 bits per heavy atom. The van der Waals surface area contributed by atoms with E-state index in [1.807, 2.05) is 0 Å². The number of nitrogens with zero attached hydrogens (tertiary/aromatic N) is 2. The number of amides is 1. The van der Waals surface area contributed by atoms with Gasteiger partial charge in [0.2, 0.25) is 5.91 Å². The molecule has 2 heterocycles. The Balaban J connectivity index is 1.68. The van der Waals surface area contributed by atoms with Gasteiger partial charge >= 0.3 is 0 Å². The van der Waals surface area contributed by atoms with Gasteiger partial charge < -0.3 is 4.90 Å². The summed E-state index contributed by atoms with van der Waals surface area (Å²) in [6.45, 7) is 0.233. The minimum Gasteiger partial charge on any atom is -0.306 e. The van der Waals surface area contributed by atoms with E-state index in [4.69, 9.17) is 11.6 Å². The minimum absolute atomic E-state index is 0.0354. The number of hydrogen-bond acceptors (Lipinski definition) is 4. The minimum atomic E-state index is -3.29. The summed E-state index contributed by atoms with van der Waals surface area (Å²) in [7, 11) is -3.29. The molecule has 27 heavy (non-hydrogen) atoms. The van der Waals surface area contributed by atoms with Gasteiger partial charge in [-0.25, -0.2) is 12.8 Å². The van der Waals surface area contributed by atoms with E-state index in [0.717, 1.165) is 0 Å². The van der Waals surface area contributed by atoms with Crippen LogP contribution in [-0.4, -0.2) is 49.4 Å². The second-order valence-electron chi connectivity index (χ2n) is 6.95. The number of anilines is 1. The van der Waals surface area contributed by atoms with Crippen LogP contribution in [0.2, 0.25) is 5.02 Å². The maximum Gasteiger partial charge on any atom is 0.241 e. The molecule has 2 aromatic rings. The first-order chi connectivity index (χ1) is 12.8. The van der Waals surface area contributed by atoms with E-state index in [1.54, 1.807) is 52.3 Å². The molecule has 4 rings (SSSR count). The molecule has 0 radical (unpaired) electrons. The van der Waals surface area contributed by atoms with E-state index >= 15 is 0 Å². The number of fused-ring (bicyclic) bond motifs is 1. The Morgan fingerprint density at radius 3 is 2.41 bits per heavy atom. The number of piperazine rings is 1. The molecule has 2 aliphatic heterocycles. The van der Waals surface area contributed by atoms with Gasteiger partial charge in [0.05, 0.1) is 24.1 Å². The zero-order valence-electron chi connectivity index (χ0n) is 14.4. The van der Waals surface area contributed by atoms with E-state index in [9.17, 15) is 17.6 Å². The molecule has 2 aromatic carbocycles. The fourth-order valence-electron chi connectivity index (χ4n) is 3.91. The average molecular weight is 409 g/mol. The van der Waals surface area contributed by atoms with Crippen molar-refractivity contribution in [2.24, 2.45) is 0 Å². The summed E-state index contributed by atoms with van der Waals surface area (Å²) in [5, 5.41) is 0.542. The molecule has 142 valence electrons. The van der Waals surface area contributed by atoms with E-state index in [0.29, 0.717) is 16.3 Å². The van der Waals surface area contributed by atoms with Gasteiger partial charge in [0, 0.05) is 28.9 Å². The van der Waals surface area contributed by atoms with Gasteiger partial charge in [-0.2, -0.15) is 0 Å². The van der Waals surface area contributed by atoms with Crippen molar-refractivity contribution in [1.29, 1.82) is 0 Å². The SMILES string of the molecule is O=C1CN(Cc2ccccc2F)[C@H]2CS(=O)(=O)C[C@H]2N1c1ccc(Cl)cc1. The lowest BCUT2D eigenvalue weighted by molar-refractivity contribution is -0.123. The number of sulfone groups is 1. The third kappa shape index (κ3) is 3.59. The summed E-state index contributed by atoms with van der Waals surface area (Å²) in [6, 6.07) is 12.3. The number of hydrogen-bond donors (Lipinski definition) is 0. The highest BCUT2D eigenvalue weighted by atomic mass is 35.5. The standard InChI is InChI=1S/C19H18ClFN2O3S/c20-14-5-7-15(8-6-14)23-18-12-27(25,26)11-17(18)22(10-19(23)24)9-13-3-1-2-4-16(13)21/h1-8,17-18H,9-12H2/t17-,18+/m0/s1. The fraction of sp³-hybridized carbons (Fsp3) is 0.316. The molecular weight excluding hydrogens is 391 g/mol. The van der Waals surface area contributed by atoms with Crippen molar-refractivity contribution in [1.82, 2.24) is 4.90 Å². The van der Waals surface area contributed by atoms with Crippen molar-refractivity contribution >= 4 is 33.0 Å². The lowest BCUT2D eigenvalue weighted by atomic mass is 10.0. The predicted octanol–water partition coefficient (Wildman–Crippen LogP) is 2.49. The molecule has 2 saturated heterocycles. The molecule has 1 amide bonds. The monoisotopic (exact) mass is 408 g/mol. The first-order valence-electron chi connectivity index (χ1n) is 8.59. The van der Waals surface area contributed by atoms with E-state index < -0.39 is 15.9 Å². The molecule has 2 aliphatic rings. The van der Waals surface area contributed by atoms with Gasteiger partial charge in [-0.05, 0) is 30.3 Å². The number of benzene rings is 2. The fourth-order valence-corrected chi connectivity index (χ4v) is 6.02. The van der Waals surface area contributed by atoms with Gasteiger partial charge in [0.25, 0.3) is 0 Å². The molecular formula is C19H18ClFN2O3S. The van der Waals surface area contributed by atoms with Gasteiger partial charge in [-0.15, -0.1) is 0 Å². The highest BCUT2D eigenvalue weighted by Gasteiger charge is 2.49. The molecule has 2 fully saturated rings. The van der Waals surface area contributed by atoms with Crippen LogP contribution in [-0.2, 0) is 21.2 Å². The van der Waals surface area contributed by atoms with Crippen molar-refractivity contribution in [3.63, 3.8) is 0 Å². The molecule has 0 saturated carbocycles. The summed E-state index contributed by atoms with van der Waals surface area (Å²) < 4.78 is 38.7. The highest BCUT2D eigenvalue weighted by molar-refractivity contribution is 7.91. The number of carbonyl (C=O) groups is 1. The maximum atomic E-state index is 14.1. The van der Waals surface area contributed by atoms with Crippen LogP contribution < -0.4 is 4.90 Å². The molecule has 0 bridgehead atoms. The Hall–Kier alpha value is -1.96. The highest BCUT2D eigenvalue weighted by Crippen LogP contribution is 2.33. The van der Waals surface area contributed by atoms with E-state index in [-0.39, 0.29) is 42.4 Å². The first-order valence-corrected chi connectivity index (χ1v) is 10.8. The van der Waals surface area contributed by atoms with E-state index in [2.05, 4.69) is 0 Å². The number of halogens is 2. The zero-order valence-corrected chi connectivity index (χ0v) is 16.0. The molecule has 0 spiro atoms. The van der Waals surface area contributed by atoms with Crippen LogP contribution in [0.5, 0.6) is 0 Å². The maximum absolute atomic E-state index is 14.1. The molecule has 0 N–H and O–H groups in total. The van der Waals surface area contributed by atoms with Crippen molar-refractivity contribution in [3.05, 3.63) is 64.9 Å². The van der Waals surface area contributed by atoms with Crippen LogP contribution in [0.4, 0.5) is 10.1 Å². The summed E-state index contributed by atoms with van der Waals surface area (Å²) in [5.74, 6) is -0.696. The van der Waals surface area contributed by atoms with Crippen LogP contribution in [0.15, 0.2) is 48.5 Å². The van der Waals surface area contributed by atoms with Crippen LogP contribution in [0, 0.1) is 5.82 Å². The second-order valence-corrected chi connectivity index (χ2v) is 9.54. The van der Waals surface area contributed by atoms with Crippen molar-refractivity contribution in [2.75, 3.05) is 23.0 Å². The van der Waals surface area contributed by atoms with Crippen molar-refractivity contribution < 1.29 is 17.6 Å². The Kier molecular flexibility index (Phi) is 4.70. The van der Waals surface area contributed by atoms with Crippen LogP contribution in [0.1, 0.15) is 5.56 Å². The van der Waals surface area contributed by atoms with Crippen LogP contribution in [0.3, 0.4) is 0 Å². The zero-order chi connectivity index (χ0) is 19.2. The third-order valence-electron chi connectivity index (χ3n) is 5.14. The third-order valence-corrected chi connectivity index (χ3v) is 7.09. The van der Waals surface area contributed by atoms with Crippen LogP contribution in [0.25, 0.3) is 0 Å². The number of carbonyl (C=O) groups excluding carboxylic acids is 1. The smallest absolute Gasteiger partial charge is 0.241 e. The molecule has 0 aliphatic carbocycles. The quantitative estimate of drug-likeness (QED) is 0.783. The molecule has 2 atom stereocenters.